The van der Waals surface area contributed by atoms with Crippen molar-refractivity contribution in [3.63, 3.8) is 0 Å². The highest BCUT2D eigenvalue weighted by atomic mass is 32.1. The number of rotatable bonds is 2. The summed E-state index contributed by atoms with van der Waals surface area (Å²) in [6.07, 6.45) is 2.20. The molecule has 2 aliphatic heterocycles. The molecule has 3 heterocycles. The van der Waals surface area contributed by atoms with Crippen molar-refractivity contribution in [1.82, 2.24) is 4.90 Å². The largest absolute Gasteiger partial charge is 0.495 e. The van der Waals surface area contributed by atoms with Gasteiger partial charge in [0.1, 0.15) is 0 Å². The van der Waals surface area contributed by atoms with Gasteiger partial charge >= 0.3 is 7.12 Å². The maximum absolute atomic E-state index is 12.6. The molecular formula is C16H24BNO3S. The van der Waals surface area contributed by atoms with E-state index in [1.165, 1.54) is 11.3 Å². The Hall–Kier alpha value is -0.845. The van der Waals surface area contributed by atoms with Gasteiger partial charge in [0, 0.05) is 12.6 Å². The number of nitrogens with zero attached hydrogens (tertiary/aromatic N) is 1. The second kappa shape index (κ2) is 5.36. The lowest BCUT2D eigenvalue weighted by molar-refractivity contribution is 0.00578. The topological polar surface area (TPSA) is 38.8 Å². The number of likely N-dealkylation sites (tertiary alicyclic amines) is 1. The fourth-order valence-electron chi connectivity index (χ4n) is 2.94. The minimum atomic E-state index is -0.390. The lowest BCUT2D eigenvalue weighted by Crippen LogP contribution is -2.41. The standard InChI is InChI=1S/C16H24BNO3S/c1-11-7-6-8-18(11)14(19)13-9-12(10-22-13)17-20-15(2,3)16(4,5)21-17/h9-11H,6-8H2,1-5H3. The Morgan fingerprint density at radius 1 is 1.32 bits per heavy atom. The highest BCUT2D eigenvalue weighted by molar-refractivity contribution is 7.13. The van der Waals surface area contributed by atoms with Gasteiger partial charge in [-0.3, -0.25) is 4.79 Å². The van der Waals surface area contributed by atoms with Gasteiger partial charge in [-0.15, -0.1) is 11.3 Å². The first-order valence-electron chi connectivity index (χ1n) is 7.96. The third-order valence-corrected chi connectivity index (χ3v) is 6.11. The first kappa shape index (κ1) is 16.0. The van der Waals surface area contributed by atoms with Gasteiger partial charge in [-0.05, 0) is 64.4 Å². The van der Waals surface area contributed by atoms with E-state index >= 15 is 0 Å². The zero-order valence-electron chi connectivity index (χ0n) is 14.0. The molecule has 0 spiro atoms. The number of carbonyl (C=O) groups is 1. The molecule has 0 radical (unpaired) electrons. The van der Waals surface area contributed by atoms with Crippen molar-refractivity contribution >= 4 is 29.8 Å². The molecule has 1 aromatic heterocycles. The van der Waals surface area contributed by atoms with E-state index < -0.39 is 0 Å². The zero-order valence-corrected chi connectivity index (χ0v) is 14.8. The minimum Gasteiger partial charge on any atom is -0.399 e. The molecular weight excluding hydrogens is 297 g/mol. The number of thiophene rings is 1. The summed E-state index contributed by atoms with van der Waals surface area (Å²) in [4.78, 5) is 15.3. The average Bonchev–Trinajstić information content (AvgIpc) is 3.08. The van der Waals surface area contributed by atoms with Crippen LogP contribution < -0.4 is 5.46 Å². The van der Waals surface area contributed by atoms with Crippen LogP contribution in [0, 0.1) is 0 Å². The van der Waals surface area contributed by atoms with Gasteiger partial charge in [0.25, 0.3) is 5.91 Å². The van der Waals surface area contributed by atoms with Crippen molar-refractivity contribution in [1.29, 1.82) is 0 Å². The van der Waals surface area contributed by atoms with Gasteiger partial charge in [0.05, 0.1) is 16.1 Å². The molecule has 2 fully saturated rings. The van der Waals surface area contributed by atoms with Crippen LogP contribution in [0.3, 0.4) is 0 Å². The van der Waals surface area contributed by atoms with Crippen LogP contribution in [-0.2, 0) is 9.31 Å². The molecule has 0 saturated carbocycles. The summed E-state index contributed by atoms with van der Waals surface area (Å²) >= 11 is 1.48. The van der Waals surface area contributed by atoms with Crippen LogP contribution in [0.4, 0.5) is 0 Å². The van der Waals surface area contributed by atoms with Crippen molar-refractivity contribution in [2.75, 3.05) is 6.54 Å². The molecule has 22 heavy (non-hydrogen) atoms. The van der Waals surface area contributed by atoms with Gasteiger partial charge in [0.15, 0.2) is 0 Å². The van der Waals surface area contributed by atoms with Crippen molar-refractivity contribution in [3.05, 3.63) is 16.3 Å². The fraction of sp³-hybridized carbons (Fsp3) is 0.688. The monoisotopic (exact) mass is 321 g/mol. The first-order chi connectivity index (χ1) is 10.2. The predicted molar refractivity (Wildman–Crippen MR) is 89.8 cm³/mol. The van der Waals surface area contributed by atoms with E-state index in [0.717, 1.165) is 29.7 Å². The van der Waals surface area contributed by atoms with Gasteiger partial charge in [-0.1, -0.05) is 0 Å². The van der Waals surface area contributed by atoms with E-state index in [4.69, 9.17) is 9.31 Å². The molecule has 4 nitrogen and oxygen atoms in total. The molecule has 0 N–H and O–H groups in total. The maximum Gasteiger partial charge on any atom is 0.495 e. The number of hydrogen-bond acceptors (Lipinski definition) is 4. The zero-order chi connectivity index (χ0) is 16.1. The first-order valence-corrected chi connectivity index (χ1v) is 8.84. The Labute approximate surface area is 136 Å². The van der Waals surface area contributed by atoms with E-state index in [1.807, 2.05) is 44.0 Å². The lowest BCUT2D eigenvalue weighted by Gasteiger charge is -2.32. The Morgan fingerprint density at radius 3 is 2.50 bits per heavy atom. The number of carbonyl (C=O) groups excluding carboxylic acids is 1. The Kier molecular flexibility index (Phi) is 3.90. The molecule has 3 rings (SSSR count). The maximum atomic E-state index is 12.6. The van der Waals surface area contributed by atoms with E-state index in [0.29, 0.717) is 6.04 Å². The summed E-state index contributed by atoms with van der Waals surface area (Å²) in [7, 11) is -0.390. The molecule has 120 valence electrons. The van der Waals surface area contributed by atoms with Gasteiger partial charge in [-0.2, -0.15) is 0 Å². The van der Waals surface area contributed by atoms with Crippen LogP contribution in [0.2, 0.25) is 0 Å². The molecule has 2 aliphatic rings. The Bertz CT molecular complexity index is 568. The second-order valence-electron chi connectivity index (χ2n) is 7.32. The molecule has 1 unspecified atom stereocenters. The summed E-state index contributed by atoms with van der Waals surface area (Å²) in [5.74, 6) is 0.137. The van der Waals surface area contributed by atoms with Crippen LogP contribution >= 0.6 is 11.3 Å². The molecule has 1 atom stereocenters. The van der Waals surface area contributed by atoms with Crippen molar-refractivity contribution in [2.24, 2.45) is 0 Å². The van der Waals surface area contributed by atoms with Gasteiger partial charge < -0.3 is 14.2 Å². The highest BCUT2D eigenvalue weighted by Gasteiger charge is 2.52. The molecule has 0 bridgehead atoms. The average molecular weight is 321 g/mol. The van der Waals surface area contributed by atoms with E-state index in [2.05, 4.69) is 6.92 Å². The van der Waals surface area contributed by atoms with Gasteiger partial charge in [0.2, 0.25) is 0 Å². The minimum absolute atomic E-state index is 0.137. The molecule has 1 aromatic rings. The highest BCUT2D eigenvalue weighted by Crippen LogP contribution is 2.36. The molecule has 0 aromatic carbocycles. The summed E-state index contributed by atoms with van der Waals surface area (Å²) in [6.45, 7) is 11.1. The summed E-state index contributed by atoms with van der Waals surface area (Å²) in [5, 5.41) is 1.98. The van der Waals surface area contributed by atoms with E-state index in [-0.39, 0.29) is 24.2 Å². The summed E-state index contributed by atoms with van der Waals surface area (Å²) in [5.41, 5.74) is 0.236. The molecule has 1 amide bonds. The third-order valence-electron chi connectivity index (χ3n) is 5.17. The molecule has 2 saturated heterocycles. The van der Waals surface area contributed by atoms with Crippen LogP contribution in [0.1, 0.15) is 57.1 Å². The summed E-state index contributed by atoms with van der Waals surface area (Å²) in [6, 6.07) is 2.27. The van der Waals surface area contributed by atoms with Crippen LogP contribution in [0.15, 0.2) is 11.4 Å². The molecule has 6 heteroatoms. The fourth-order valence-corrected chi connectivity index (χ4v) is 3.81. The van der Waals surface area contributed by atoms with Crippen LogP contribution in [0.25, 0.3) is 0 Å². The van der Waals surface area contributed by atoms with Crippen molar-refractivity contribution in [2.45, 2.75) is 64.7 Å². The Morgan fingerprint density at radius 2 is 1.95 bits per heavy atom. The second-order valence-corrected chi connectivity index (χ2v) is 8.23. The Balaban J connectivity index is 1.76. The van der Waals surface area contributed by atoms with Crippen LogP contribution in [-0.4, -0.2) is 41.7 Å². The van der Waals surface area contributed by atoms with Crippen LogP contribution in [0.5, 0.6) is 0 Å². The number of hydrogen-bond donors (Lipinski definition) is 0. The predicted octanol–water partition coefficient (Wildman–Crippen LogP) is 2.67. The quantitative estimate of drug-likeness (QED) is 0.786. The van der Waals surface area contributed by atoms with Gasteiger partial charge in [-0.25, -0.2) is 0 Å². The smallest absolute Gasteiger partial charge is 0.399 e. The lowest BCUT2D eigenvalue weighted by atomic mass is 9.81. The SMILES string of the molecule is CC1CCCN1C(=O)c1cc(B2OC(C)(C)C(C)(C)O2)cs1. The molecule has 0 aliphatic carbocycles. The van der Waals surface area contributed by atoms with Crippen molar-refractivity contribution in [3.8, 4) is 0 Å². The third kappa shape index (κ3) is 2.61. The van der Waals surface area contributed by atoms with E-state index in [9.17, 15) is 4.79 Å². The summed E-state index contributed by atoms with van der Waals surface area (Å²) < 4.78 is 12.1. The van der Waals surface area contributed by atoms with Crippen molar-refractivity contribution < 1.29 is 14.1 Å². The number of amides is 1. The normalized spacial score (nSPS) is 26.7. The van der Waals surface area contributed by atoms with E-state index in [1.54, 1.807) is 0 Å².